The van der Waals surface area contributed by atoms with E-state index in [4.69, 9.17) is 37.7 Å². The maximum atomic E-state index is 9.04. The van der Waals surface area contributed by atoms with Crippen LogP contribution in [-0.4, -0.2) is 5.16 Å². The number of hydrogen-bond acceptors (Lipinski definition) is 4. The standard InChI is InChI=1S/C13H10Cl2N2O2/c1-2-10(12-6-13(15)17-19-12)18-11-5-9(14)4-3-8(11)7-16/h3-6,10H,2H2,1H3. The third-order valence-electron chi connectivity index (χ3n) is 2.52. The van der Waals surface area contributed by atoms with Crippen LogP contribution in [0.15, 0.2) is 28.8 Å². The van der Waals surface area contributed by atoms with Gasteiger partial charge in [0, 0.05) is 17.2 Å². The molecule has 1 unspecified atom stereocenters. The Kier molecular flexibility index (Phi) is 4.31. The van der Waals surface area contributed by atoms with E-state index in [1.54, 1.807) is 24.3 Å². The molecular formula is C13H10Cl2N2O2. The highest BCUT2D eigenvalue weighted by Crippen LogP contribution is 2.30. The lowest BCUT2D eigenvalue weighted by Gasteiger charge is -2.15. The van der Waals surface area contributed by atoms with Crippen molar-refractivity contribution < 1.29 is 9.26 Å². The molecule has 2 aromatic rings. The monoisotopic (exact) mass is 296 g/mol. The average molecular weight is 297 g/mol. The fourth-order valence-corrected chi connectivity index (χ4v) is 1.90. The summed E-state index contributed by atoms with van der Waals surface area (Å²) in [7, 11) is 0. The maximum Gasteiger partial charge on any atom is 0.178 e. The fraction of sp³-hybridized carbons (Fsp3) is 0.231. The van der Waals surface area contributed by atoms with Gasteiger partial charge in [-0.05, 0) is 18.6 Å². The average Bonchev–Trinajstić information content (AvgIpc) is 2.82. The van der Waals surface area contributed by atoms with Gasteiger partial charge in [0.1, 0.15) is 11.8 Å². The van der Waals surface area contributed by atoms with Gasteiger partial charge in [-0.3, -0.25) is 0 Å². The number of rotatable bonds is 4. The minimum Gasteiger partial charge on any atom is -0.481 e. The molecule has 0 bridgehead atoms. The van der Waals surface area contributed by atoms with E-state index in [-0.39, 0.29) is 11.3 Å². The van der Waals surface area contributed by atoms with Crippen molar-refractivity contribution in [3.63, 3.8) is 0 Å². The van der Waals surface area contributed by atoms with Gasteiger partial charge < -0.3 is 9.26 Å². The Morgan fingerprint density at radius 1 is 1.42 bits per heavy atom. The van der Waals surface area contributed by atoms with Crippen molar-refractivity contribution in [3.05, 3.63) is 45.8 Å². The lowest BCUT2D eigenvalue weighted by molar-refractivity contribution is 0.160. The number of nitrogens with zero attached hydrogens (tertiary/aromatic N) is 2. The predicted octanol–water partition coefficient (Wildman–Crippen LogP) is 4.38. The quantitative estimate of drug-likeness (QED) is 0.840. The summed E-state index contributed by atoms with van der Waals surface area (Å²) in [6.45, 7) is 1.93. The van der Waals surface area contributed by atoms with Gasteiger partial charge in [0.05, 0.1) is 5.56 Å². The molecule has 0 saturated carbocycles. The Labute approximate surface area is 120 Å². The van der Waals surface area contributed by atoms with Gasteiger partial charge in [0.25, 0.3) is 0 Å². The zero-order valence-electron chi connectivity index (χ0n) is 10.1. The van der Waals surface area contributed by atoms with Crippen LogP contribution in [0.1, 0.15) is 30.8 Å². The number of aromatic nitrogens is 1. The van der Waals surface area contributed by atoms with Gasteiger partial charge >= 0.3 is 0 Å². The van der Waals surface area contributed by atoms with E-state index < -0.39 is 0 Å². The predicted molar refractivity (Wildman–Crippen MR) is 71.3 cm³/mol. The minimum absolute atomic E-state index is 0.267. The van der Waals surface area contributed by atoms with Crippen LogP contribution in [0.5, 0.6) is 5.75 Å². The molecule has 98 valence electrons. The third kappa shape index (κ3) is 3.19. The largest absolute Gasteiger partial charge is 0.481 e. The minimum atomic E-state index is -0.370. The van der Waals surface area contributed by atoms with Gasteiger partial charge in [-0.2, -0.15) is 5.26 Å². The Balaban J connectivity index is 2.28. The zero-order valence-corrected chi connectivity index (χ0v) is 11.6. The van der Waals surface area contributed by atoms with Gasteiger partial charge in [-0.15, -0.1) is 0 Å². The summed E-state index contributed by atoms with van der Waals surface area (Å²) < 4.78 is 10.8. The van der Waals surface area contributed by atoms with Crippen molar-refractivity contribution in [3.8, 4) is 11.8 Å². The van der Waals surface area contributed by atoms with Crippen molar-refractivity contribution in [2.75, 3.05) is 0 Å². The van der Waals surface area contributed by atoms with Crippen LogP contribution in [0.2, 0.25) is 10.2 Å². The van der Waals surface area contributed by atoms with Gasteiger partial charge in [-0.1, -0.05) is 35.3 Å². The molecule has 0 fully saturated rings. The fourth-order valence-electron chi connectivity index (χ4n) is 1.60. The molecule has 6 heteroatoms. The van der Waals surface area contributed by atoms with Crippen LogP contribution >= 0.6 is 23.2 Å². The first kappa shape index (κ1) is 13.7. The molecule has 4 nitrogen and oxygen atoms in total. The second-order valence-corrected chi connectivity index (χ2v) is 4.64. The summed E-state index contributed by atoms with van der Waals surface area (Å²) in [4.78, 5) is 0. The maximum absolute atomic E-state index is 9.04. The lowest BCUT2D eigenvalue weighted by Crippen LogP contribution is -2.06. The van der Waals surface area contributed by atoms with E-state index in [0.717, 1.165) is 0 Å². The first-order valence-corrected chi connectivity index (χ1v) is 6.38. The molecule has 0 saturated heterocycles. The molecular weight excluding hydrogens is 287 g/mol. The Bertz CT molecular complexity index is 619. The molecule has 1 atom stereocenters. The van der Waals surface area contributed by atoms with Crippen LogP contribution in [0, 0.1) is 11.3 Å². The molecule has 0 N–H and O–H groups in total. The van der Waals surface area contributed by atoms with Crippen LogP contribution < -0.4 is 4.74 Å². The van der Waals surface area contributed by atoms with E-state index in [1.807, 2.05) is 6.92 Å². The van der Waals surface area contributed by atoms with E-state index in [1.165, 1.54) is 0 Å². The molecule has 0 amide bonds. The van der Waals surface area contributed by atoms with Gasteiger partial charge in [-0.25, -0.2) is 0 Å². The molecule has 1 aromatic heterocycles. The summed E-state index contributed by atoms with van der Waals surface area (Å²) >= 11 is 11.6. The molecule has 1 aromatic carbocycles. The van der Waals surface area contributed by atoms with E-state index in [9.17, 15) is 0 Å². The SMILES string of the molecule is CCC(Oc1cc(Cl)ccc1C#N)c1cc(Cl)no1. The summed E-state index contributed by atoms with van der Waals surface area (Å²) in [6.07, 6.45) is 0.272. The molecule has 0 aliphatic heterocycles. The highest BCUT2D eigenvalue weighted by Gasteiger charge is 2.18. The number of halogens is 2. The summed E-state index contributed by atoms with van der Waals surface area (Å²) in [6, 6.07) is 8.49. The summed E-state index contributed by atoms with van der Waals surface area (Å²) in [5.41, 5.74) is 0.411. The summed E-state index contributed by atoms with van der Waals surface area (Å²) in [5.74, 6) is 0.922. The van der Waals surface area contributed by atoms with Crippen molar-refractivity contribution in [2.24, 2.45) is 0 Å². The van der Waals surface area contributed by atoms with Crippen molar-refractivity contribution in [1.82, 2.24) is 5.16 Å². The Morgan fingerprint density at radius 2 is 2.21 bits per heavy atom. The van der Waals surface area contributed by atoms with Gasteiger partial charge in [0.15, 0.2) is 17.0 Å². The lowest BCUT2D eigenvalue weighted by atomic mass is 10.2. The van der Waals surface area contributed by atoms with Crippen molar-refractivity contribution >= 4 is 23.2 Å². The molecule has 0 spiro atoms. The number of hydrogen-bond donors (Lipinski definition) is 0. The van der Waals surface area contributed by atoms with Crippen molar-refractivity contribution in [1.29, 1.82) is 5.26 Å². The van der Waals surface area contributed by atoms with Crippen LogP contribution in [0.25, 0.3) is 0 Å². The Hall–Kier alpha value is -1.70. The van der Waals surface area contributed by atoms with Crippen molar-refractivity contribution in [2.45, 2.75) is 19.4 Å². The van der Waals surface area contributed by atoms with Crippen LogP contribution in [0.3, 0.4) is 0 Å². The smallest absolute Gasteiger partial charge is 0.178 e. The van der Waals surface area contributed by atoms with Crippen LogP contribution in [0.4, 0.5) is 0 Å². The van der Waals surface area contributed by atoms with E-state index in [0.29, 0.717) is 28.5 Å². The molecule has 2 rings (SSSR count). The molecule has 1 heterocycles. The number of nitriles is 1. The number of ether oxygens (including phenoxy) is 1. The van der Waals surface area contributed by atoms with Gasteiger partial charge in [0.2, 0.25) is 0 Å². The highest BCUT2D eigenvalue weighted by atomic mass is 35.5. The Morgan fingerprint density at radius 3 is 2.79 bits per heavy atom. The zero-order chi connectivity index (χ0) is 13.8. The first-order valence-electron chi connectivity index (χ1n) is 5.62. The summed E-state index contributed by atoms with van der Waals surface area (Å²) in [5, 5.41) is 13.4. The topological polar surface area (TPSA) is 59.0 Å². The third-order valence-corrected chi connectivity index (χ3v) is 2.93. The second kappa shape index (κ2) is 5.96. The van der Waals surface area contributed by atoms with E-state index in [2.05, 4.69) is 11.2 Å². The van der Waals surface area contributed by atoms with Crippen LogP contribution in [-0.2, 0) is 0 Å². The molecule has 0 radical (unpaired) electrons. The second-order valence-electron chi connectivity index (χ2n) is 3.82. The molecule has 19 heavy (non-hydrogen) atoms. The molecule has 0 aliphatic carbocycles. The highest BCUT2D eigenvalue weighted by molar-refractivity contribution is 6.30. The van der Waals surface area contributed by atoms with E-state index >= 15 is 0 Å². The number of benzene rings is 1. The first-order chi connectivity index (χ1) is 9.13. The normalized spacial score (nSPS) is 11.9. The molecule has 0 aliphatic rings.